The SMILES string of the molecule is O=C(OCc1ccccc1)[C@@H]1CCCN1S(=O)(=O)Cl. The minimum atomic E-state index is -3.87. The summed E-state index contributed by atoms with van der Waals surface area (Å²) in [4.78, 5) is 11.9. The van der Waals surface area contributed by atoms with Gasteiger partial charge >= 0.3 is 15.2 Å². The highest BCUT2D eigenvalue weighted by Gasteiger charge is 2.38. The van der Waals surface area contributed by atoms with Crippen molar-refractivity contribution < 1.29 is 17.9 Å². The molecule has 0 bridgehead atoms. The second-order valence-corrected chi connectivity index (χ2v) is 6.77. The third-order valence-electron chi connectivity index (χ3n) is 2.98. The van der Waals surface area contributed by atoms with E-state index in [1.54, 1.807) is 0 Å². The van der Waals surface area contributed by atoms with Crippen LogP contribution in [0.3, 0.4) is 0 Å². The lowest BCUT2D eigenvalue weighted by Gasteiger charge is -2.19. The summed E-state index contributed by atoms with van der Waals surface area (Å²) in [7, 11) is 1.41. The standard InChI is InChI=1S/C12H14ClNO4S/c13-19(16,17)14-8-4-7-11(14)12(15)18-9-10-5-2-1-3-6-10/h1-3,5-6,11H,4,7-9H2/t11-/m0/s1. The van der Waals surface area contributed by atoms with E-state index in [1.165, 1.54) is 0 Å². The van der Waals surface area contributed by atoms with Gasteiger partial charge in [-0.15, -0.1) is 0 Å². The molecule has 0 aromatic heterocycles. The van der Waals surface area contributed by atoms with Crippen molar-refractivity contribution in [2.75, 3.05) is 6.54 Å². The van der Waals surface area contributed by atoms with Crippen LogP contribution < -0.4 is 0 Å². The molecule has 1 aliphatic heterocycles. The number of nitrogens with zero attached hydrogens (tertiary/aromatic N) is 1. The van der Waals surface area contributed by atoms with Crippen molar-refractivity contribution in [2.24, 2.45) is 0 Å². The molecule has 1 aromatic rings. The molecule has 0 radical (unpaired) electrons. The van der Waals surface area contributed by atoms with Crippen LogP contribution >= 0.6 is 10.7 Å². The van der Waals surface area contributed by atoms with Gasteiger partial charge in [0.05, 0.1) is 0 Å². The summed E-state index contributed by atoms with van der Waals surface area (Å²) in [5.74, 6) is -0.550. The van der Waals surface area contributed by atoms with Gasteiger partial charge in [-0.1, -0.05) is 30.3 Å². The number of hydrogen-bond donors (Lipinski definition) is 0. The molecule has 7 heteroatoms. The Labute approximate surface area is 116 Å². The average molecular weight is 304 g/mol. The number of carbonyl (C=O) groups excluding carboxylic acids is 1. The van der Waals surface area contributed by atoms with Crippen LogP contribution in [0.25, 0.3) is 0 Å². The summed E-state index contributed by atoms with van der Waals surface area (Å²) < 4.78 is 28.7. The van der Waals surface area contributed by atoms with Gasteiger partial charge < -0.3 is 4.74 Å². The first-order chi connectivity index (χ1) is 8.98. The van der Waals surface area contributed by atoms with Crippen LogP contribution in [0.1, 0.15) is 18.4 Å². The Morgan fingerprint density at radius 2 is 2.05 bits per heavy atom. The molecular formula is C12H14ClNO4S. The van der Waals surface area contributed by atoms with Crippen LogP contribution in [0.4, 0.5) is 0 Å². The van der Waals surface area contributed by atoms with E-state index < -0.39 is 21.2 Å². The highest BCUT2D eigenvalue weighted by molar-refractivity contribution is 8.11. The molecule has 0 amide bonds. The van der Waals surface area contributed by atoms with E-state index in [4.69, 9.17) is 15.4 Å². The highest BCUT2D eigenvalue weighted by Crippen LogP contribution is 2.24. The van der Waals surface area contributed by atoms with Gasteiger partial charge in [0.25, 0.3) is 0 Å². The predicted octanol–water partition coefficient (Wildman–Crippen LogP) is 1.68. The zero-order chi connectivity index (χ0) is 13.9. The van der Waals surface area contributed by atoms with Crippen molar-refractivity contribution in [3.05, 3.63) is 35.9 Å². The lowest BCUT2D eigenvalue weighted by Crippen LogP contribution is -2.39. The molecule has 0 spiro atoms. The minimum absolute atomic E-state index is 0.131. The maximum atomic E-state index is 11.9. The van der Waals surface area contributed by atoms with E-state index in [1.807, 2.05) is 30.3 Å². The molecule has 5 nitrogen and oxygen atoms in total. The minimum Gasteiger partial charge on any atom is -0.460 e. The van der Waals surface area contributed by atoms with E-state index in [0.717, 1.165) is 9.87 Å². The molecule has 1 saturated heterocycles. The maximum absolute atomic E-state index is 11.9. The van der Waals surface area contributed by atoms with E-state index in [2.05, 4.69) is 0 Å². The van der Waals surface area contributed by atoms with E-state index >= 15 is 0 Å². The van der Waals surface area contributed by atoms with E-state index in [9.17, 15) is 13.2 Å². The topological polar surface area (TPSA) is 63.7 Å². The molecule has 19 heavy (non-hydrogen) atoms. The Kier molecular flexibility index (Phi) is 4.44. The first kappa shape index (κ1) is 14.3. The van der Waals surface area contributed by atoms with Gasteiger partial charge in [-0.3, -0.25) is 4.79 Å². The van der Waals surface area contributed by atoms with Gasteiger partial charge in [0.15, 0.2) is 0 Å². The number of carbonyl (C=O) groups is 1. The molecule has 2 rings (SSSR count). The summed E-state index contributed by atoms with van der Waals surface area (Å²) in [6.07, 6.45) is 1.05. The quantitative estimate of drug-likeness (QED) is 0.627. The Morgan fingerprint density at radius 1 is 1.37 bits per heavy atom. The number of rotatable bonds is 4. The lowest BCUT2D eigenvalue weighted by molar-refractivity contribution is -0.148. The average Bonchev–Trinajstić information content (AvgIpc) is 2.86. The summed E-state index contributed by atoms with van der Waals surface area (Å²) in [5.41, 5.74) is 0.856. The molecule has 1 aliphatic rings. The second-order valence-electron chi connectivity index (χ2n) is 4.30. The normalized spacial score (nSPS) is 20.4. The maximum Gasteiger partial charge on any atom is 0.324 e. The largest absolute Gasteiger partial charge is 0.460 e. The number of ether oxygens (including phenoxy) is 1. The van der Waals surface area contributed by atoms with Gasteiger partial charge in [0.1, 0.15) is 12.6 Å². The van der Waals surface area contributed by atoms with Crippen LogP contribution in [-0.2, 0) is 25.4 Å². The van der Waals surface area contributed by atoms with Crippen molar-refractivity contribution in [2.45, 2.75) is 25.5 Å². The zero-order valence-electron chi connectivity index (χ0n) is 10.2. The van der Waals surface area contributed by atoms with Crippen molar-refractivity contribution >= 4 is 25.9 Å². The van der Waals surface area contributed by atoms with Crippen molar-refractivity contribution in [3.63, 3.8) is 0 Å². The molecular weight excluding hydrogens is 290 g/mol. The number of esters is 1. The fourth-order valence-electron chi connectivity index (χ4n) is 2.06. The monoisotopic (exact) mass is 303 g/mol. The van der Waals surface area contributed by atoms with Gasteiger partial charge in [-0.05, 0) is 18.4 Å². The smallest absolute Gasteiger partial charge is 0.324 e. The van der Waals surface area contributed by atoms with Crippen LogP contribution in [0.15, 0.2) is 30.3 Å². The zero-order valence-corrected chi connectivity index (χ0v) is 11.7. The van der Waals surface area contributed by atoms with Crippen LogP contribution in [-0.4, -0.2) is 31.3 Å². The number of hydrogen-bond acceptors (Lipinski definition) is 4. The first-order valence-electron chi connectivity index (χ1n) is 5.90. The molecule has 104 valence electrons. The number of benzene rings is 1. The molecule has 1 atom stereocenters. The molecule has 0 saturated carbocycles. The fourth-order valence-corrected chi connectivity index (χ4v) is 3.40. The van der Waals surface area contributed by atoms with Crippen LogP contribution in [0.2, 0.25) is 0 Å². The van der Waals surface area contributed by atoms with Crippen LogP contribution in [0, 0.1) is 0 Å². The van der Waals surface area contributed by atoms with Gasteiger partial charge in [0, 0.05) is 17.2 Å². The number of halogens is 1. The highest BCUT2D eigenvalue weighted by atomic mass is 35.7. The van der Waals surface area contributed by atoms with E-state index in [0.29, 0.717) is 12.8 Å². The van der Waals surface area contributed by atoms with Gasteiger partial charge in [0.2, 0.25) is 0 Å². The molecule has 0 N–H and O–H groups in total. The Hall–Kier alpha value is -1.11. The third-order valence-corrected chi connectivity index (χ3v) is 4.51. The third kappa shape index (κ3) is 3.68. The summed E-state index contributed by atoms with van der Waals surface area (Å²) in [6.45, 7) is 0.392. The summed E-state index contributed by atoms with van der Waals surface area (Å²) in [6, 6.07) is 8.41. The Balaban J connectivity index is 1.96. The predicted molar refractivity (Wildman–Crippen MR) is 70.7 cm³/mol. The summed E-state index contributed by atoms with van der Waals surface area (Å²) >= 11 is 0. The molecule has 1 heterocycles. The summed E-state index contributed by atoms with van der Waals surface area (Å²) in [5, 5.41) is 0. The van der Waals surface area contributed by atoms with Crippen molar-refractivity contribution in [1.29, 1.82) is 0 Å². The van der Waals surface area contributed by atoms with Crippen molar-refractivity contribution in [3.8, 4) is 0 Å². The van der Waals surface area contributed by atoms with Gasteiger partial charge in [-0.2, -0.15) is 12.7 Å². The van der Waals surface area contributed by atoms with Crippen LogP contribution in [0.5, 0.6) is 0 Å². The lowest BCUT2D eigenvalue weighted by atomic mass is 10.2. The first-order valence-corrected chi connectivity index (χ1v) is 8.17. The molecule has 1 aromatic carbocycles. The van der Waals surface area contributed by atoms with E-state index in [-0.39, 0.29) is 13.2 Å². The van der Waals surface area contributed by atoms with Gasteiger partial charge in [-0.25, -0.2) is 0 Å². The Bertz CT molecular complexity index is 546. The van der Waals surface area contributed by atoms with Crippen molar-refractivity contribution in [1.82, 2.24) is 4.31 Å². The molecule has 1 fully saturated rings. The fraction of sp³-hybridized carbons (Fsp3) is 0.417. The Morgan fingerprint density at radius 3 is 2.68 bits per heavy atom. The molecule has 0 unspecified atom stereocenters. The second kappa shape index (κ2) is 5.90. The molecule has 0 aliphatic carbocycles.